The molecule has 0 heterocycles. The summed E-state index contributed by atoms with van der Waals surface area (Å²) in [6.45, 7) is 5.88. The van der Waals surface area contributed by atoms with E-state index in [0.29, 0.717) is 0 Å². The minimum absolute atomic E-state index is 0. The molecule has 0 aromatic carbocycles. The van der Waals surface area contributed by atoms with Crippen molar-refractivity contribution >= 4 is 17.4 Å². The summed E-state index contributed by atoms with van der Waals surface area (Å²) in [5.41, 5.74) is 0. The Morgan fingerprint density at radius 3 is 2.27 bits per heavy atom. The van der Waals surface area contributed by atoms with E-state index in [1.807, 2.05) is 0 Å². The van der Waals surface area contributed by atoms with Gasteiger partial charge in [-0.25, -0.2) is 0 Å². The van der Waals surface area contributed by atoms with Crippen molar-refractivity contribution in [2.45, 2.75) is 45.4 Å². The van der Waals surface area contributed by atoms with Crippen LogP contribution in [-0.4, -0.2) is 17.4 Å². The Hall–Kier alpha value is 0.272. The molecule has 0 saturated heterocycles. The summed E-state index contributed by atoms with van der Waals surface area (Å²) in [7, 11) is 0. The van der Waals surface area contributed by atoms with Crippen molar-refractivity contribution in [2.24, 2.45) is 0 Å². The van der Waals surface area contributed by atoms with Crippen LogP contribution in [0.5, 0.6) is 0 Å². The molecule has 0 atom stereocenters. The molecule has 0 spiro atoms. The summed E-state index contributed by atoms with van der Waals surface area (Å²) in [4.78, 5) is 0. The maximum Gasteiger partial charge on any atom is 0.187 e. The van der Waals surface area contributed by atoms with E-state index in [2.05, 4.69) is 26.0 Å². The third-order valence-corrected chi connectivity index (χ3v) is 1.61. The van der Waals surface area contributed by atoms with Crippen LogP contribution in [-0.2, 0) is 0 Å². The van der Waals surface area contributed by atoms with Gasteiger partial charge in [-0.1, -0.05) is 44.8 Å². The van der Waals surface area contributed by atoms with Crippen molar-refractivity contribution in [2.75, 3.05) is 0 Å². The van der Waals surface area contributed by atoms with Crippen molar-refractivity contribution < 1.29 is 0 Å². The van der Waals surface area contributed by atoms with Crippen LogP contribution >= 0.6 is 0 Å². The summed E-state index contributed by atoms with van der Waals surface area (Å²) in [6, 6.07) is 0. The van der Waals surface area contributed by atoms with E-state index in [1.54, 1.807) is 0 Å². The van der Waals surface area contributed by atoms with E-state index in [4.69, 9.17) is 0 Å². The fraction of sp³-hybridized carbons (Fsp3) is 0.700. The molecule has 0 aliphatic rings. The lowest BCUT2D eigenvalue weighted by molar-refractivity contribution is 0.651. The van der Waals surface area contributed by atoms with Gasteiger partial charge in [0.1, 0.15) is 0 Å². The molecular weight excluding hydrogens is 147 g/mol. The number of hydrogen-bond acceptors (Lipinski definition) is 0. The number of hydrogen-bond donors (Lipinski definition) is 0. The Morgan fingerprint density at radius 2 is 1.73 bits per heavy atom. The van der Waals surface area contributed by atoms with Gasteiger partial charge in [0.2, 0.25) is 0 Å². The third kappa shape index (κ3) is 13.3. The van der Waals surface area contributed by atoms with Crippen molar-refractivity contribution in [3.63, 3.8) is 0 Å². The molecule has 0 N–H and O–H groups in total. The fourth-order valence-corrected chi connectivity index (χ4v) is 0.959. The van der Waals surface area contributed by atoms with Crippen LogP contribution in [0.1, 0.15) is 45.4 Å². The van der Waals surface area contributed by atoms with Gasteiger partial charge in [-0.3, -0.25) is 0 Å². The van der Waals surface area contributed by atoms with E-state index in [0.717, 1.165) is 6.42 Å². The molecule has 0 saturated carbocycles. The molecule has 0 fully saturated rings. The largest absolute Gasteiger partial charge is 0.187 e. The molecule has 0 unspecified atom stereocenters. The molecule has 0 aromatic rings. The van der Waals surface area contributed by atoms with Crippen LogP contribution in [0.15, 0.2) is 12.2 Å². The molecule has 0 aromatic heterocycles. The number of rotatable bonds is 6. The Kier molecular flexibility index (Phi) is 16.2. The van der Waals surface area contributed by atoms with Crippen LogP contribution in [0.25, 0.3) is 0 Å². The van der Waals surface area contributed by atoms with Crippen LogP contribution in [0.2, 0.25) is 0 Å². The number of unbranched alkanes of at least 4 members (excludes halogenated alkanes) is 5. The molecule has 0 aliphatic heterocycles. The molecule has 1 heteroatoms. The van der Waals surface area contributed by atoms with Gasteiger partial charge in [-0.05, 0) is 19.8 Å². The van der Waals surface area contributed by atoms with Crippen molar-refractivity contribution in [1.29, 1.82) is 0 Å². The van der Waals surface area contributed by atoms with Gasteiger partial charge < -0.3 is 0 Å². The zero-order valence-corrected chi connectivity index (χ0v) is 7.10. The zero-order valence-electron chi connectivity index (χ0n) is 7.10. The first-order valence-corrected chi connectivity index (χ1v) is 4.32. The fourth-order valence-electron chi connectivity index (χ4n) is 0.959. The van der Waals surface area contributed by atoms with E-state index >= 15 is 0 Å². The van der Waals surface area contributed by atoms with Crippen molar-refractivity contribution in [3.05, 3.63) is 19.1 Å². The van der Waals surface area contributed by atoms with Gasteiger partial charge in [-0.15, -0.1) is 0 Å². The van der Waals surface area contributed by atoms with E-state index in [9.17, 15) is 0 Å². The molecule has 0 rings (SSSR count). The van der Waals surface area contributed by atoms with Gasteiger partial charge in [0, 0.05) is 0 Å². The Morgan fingerprint density at radius 1 is 1.09 bits per heavy atom. The lowest BCUT2D eigenvalue weighted by Crippen LogP contribution is -1.75. The highest BCUT2D eigenvalue weighted by Crippen LogP contribution is 2.04. The first-order chi connectivity index (χ1) is 4.91. The lowest BCUT2D eigenvalue weighted by atomic mass is 10.1. The highest BCUT2D eigenvalue weighted by molar-refractivity contribution is 5.75. The lowest BCUT2D eigenvalue weighted by Gasteiger charge is -1.94. The third-order valence-electron chi connectivity index (χ3n) is 1.61. The second-order valence-corrected chi connectivity index (χ2v) is 2.63. The summed E-state index contributed by atoms with van der Waals surface area (Å²) in [6.07, 6.45) is 12.1. The quantitative estimate of drug-likeness (QED) is 0.325. The van der Waals surface area contributed by atoms with Crippen LogP contribution in [0, 0.1) is 6.92 Å². The summed E-state index contributed by atoms with van der Waals surface area (Å²) < 4.78 is 0. The predicted octanol–water partition coefficient (Wildman–Crippen LogP) is 2.55. The molecule has 65 valence electrons. The maximum atomic E-state index is 3.81. The molecule has 0 aliphatic carbocycles. The molecule has 11 heavy (non-hydrogen) atoms. The molecule has 0 nitrogen and oxygen atoms in total. The molecular formula is C10H22Al. The van der Waals surface area contributed by atoms with Crippen molar-refractivity contribution in [1.82, 2.24) is 0 Å². The van der Waals surface area contributed by atoms with Crippen LogP contribution in [0.3, 0.4) is 0 Å². The molecule has 1 radical (unpaired) electrons. The maximum absolute atomic E-state index is 3.81. The Balaban J connectivity index is 0. The zero-order chi connectivity index (χ0) is 7.66. The Bertz CT molecular complexity index is 76.9. The van der Waals surface area contributed by atoms with Gasteiger partial charge in [0.15, 0.2) is 17.4 Å². The van der Waals surface area contributed by atoms with Crippen molar-refractivity contribution in [3.8, 4) is 0 Å². The topological polar surface area (TPSA) is 0 Å². The number of allylic oxidation sites excluding steroid dienone is 2. The monoisotopic (exact) mass is 169 g/mol. The summed E-state index contributed by atoms with van der Waals surface area (Å²) >= 11 is 0. The first-order valence-electron chi connectivity index (χ1n) is 4.32. The normalized spacial score (nSPS) is 10.0. The minimum atomic E-state index is 0. The van der Waals surface area contributed by atoms with Gasteiger partial charge >= 0.3 is 0 Å². The smallest absolute Gasteiger partial charge is 0.0917 e. The van der Waals surface area contributed by atoms with Crippen LogP contribution < -0.4 is 0 Å². The van der Waals surface area contributed by atoms with E-state index < -0.39 is 0 Å². The average Bonchev–Trinajstić information content (AvgIpc) is 1.97. The second kappa shape index (κ2) is 12.9. The molecule has 0 amide bonds. The van der Waals surface area contributed by atoms with E-state index in [-0.39, 0.29) is 17.4 Å². The van der Waals surface area contributed by atoms with Gasteiger partial charge in [0.05, 0.1) is 0 Å². The first kappa shape index (κ1) is 13.8. The highest BCUT2D eigenvalue weighted by Gasteiger charge is 1.85. The standard InChI is InChI=1S/C10H19.Al.3H/c1-3-5-7-9-10-8-6-4-2;;;;/h4,6H,1,3,5,7-10H2,2H3;;;;. The summed E-state index contributed by atoms with van der Waals surface area (Å²) in [5, 5.41) is 0. The van der Waals surface area contributed by atoms with Crippen LogP contribution in [0.4, 0.5) is 0 Å². The summed E-state index contributed by atoms with van der Waals surface area (Å²) in [5.74, 6) is 0. The molecule has 0 bridgehead atoms. The SMILES string of the molecule is [AlH3].[CH2]CCCCCCC=CC. The second-order valence-electron chi connectivity index (χ2n) is 2.63. The highest BCUT2D eigenvalue weighted by atomic mass is 27.0. The minimum Gasteiger partial charge on any atom is -0.0917 e. The Labute approximate surface area is 82.2 Å². The average molecular weight is 169 g/mol. The predicted molar refractivity (Wildman–Crippen MR) is 57.8 cm³/mol. The van der Waals surface area contributed by atoms with E-state index in [1.165, 1.54) is 32.1 Å². The van der Waals surface area contributed by atoms with Gasteiger partial charge in [-0.2, -0.15) is 0 Å². The van der Waals surface area contributed by atoms with Gasteiger partial charge in [0.25, 0.3) is 0 Å².